The number of amides is 1. The Hall–Kier alpha value is -2.99. The lowest BCUT2D eigenvalue weighted by molar-refractivity contribution is -0.125. The van der Waals surface area contributed by atoms with Crippen LogP contribution in [0, 0.1) is 0 Å². The second kappa shape index (κ2) is 10.2. The summed E-state index contributed by atoms with van der Waals surface area (Å²) < 4.78 is 10.7. The Morgan fingerprint density at radius 2 is 1.60 bits per heavy atom. The van der Waals surface area contributed by atoms with Crippen LogP contribution < -0.4 is 5.32 Å². The summed E-state index contributed by atoms with van der Waals surface area (Å²) in [5, 5.41) is 2.61. The molecular weight excluding hydrogens is 382 g/mol. The highest BCUT2D eigenvalue weighted by Gasteiger charge is 2.29. The summed E-state index contributed by atoms with van der Waals surface area (Å²) in [6.45, 7) is 3.70. The van der Waals surface area contributed by atoms with Crippen molar-refractivity contribution in [3.8, 4) is 11.1 Å². The monoisotopic (exact) mass is 409 g/mol. The number of carbonyl (C=O) groups excluding carboxylic acids is 3. The fraction of sp³-hybridized carbons (Fsp3) is 0.375. The molecule has 158 valence electrons. The van der Waals surface area contributed by atoms with Crippen molar-refractivity contribution in [1.82, 2.24) is 5.32 Å². The van der Waals surface area contributed by atoms with Gasteiger partial charge in [-0.3, -0.25) is 4.79 Å². The van der Waals surface area contributed by atoms with E-state index >= 15 is 0 Å². The summed E-state index contributed by atoms with van der Waals surface area (Å²) in [4.78, 5) is 36.1. The maximum atomic E-state index is 12.4. The summed E-state index contributed by atoms with van der Waals surface area (Å²) in [5.74, 6) is -0.372. The van der Waals surface area contributed by atoms with Gasteiger partial charge in [0.05, 0.1) is 6.04 Å². The number of rotatable bonds is 10. The minimum atomic E-state index is -0.809. The zero-order valence-electron chi connectivity index (χ0n) is 17.4. The molecule has 0 saturated heterocycles. The summed E-state index contributed by atoms with van der Waals surface area (Å²) in [6.07, 6.45) is -0.243. The number of fused-ring (bicyclic) bond motifs is 3. The van der Waals surface area contributed by atoms with Crippen LogP contribution in [-0.4, -0.2) is 43.5 Å². The number of nitrogens with one attached hydrogen (secondary N) is 1. The van der Waals surface area contributed by atoms with Crippen LogP contribution >= 0.6 is 0 Å². The third-order valence-corrected chi connectivity index (χ3v) is 5.26. The predicted octanol–water partition coefficient (Wildman–Crippen LogP) is 3.87. The second-order valence-electron chi connectivity index (χ2n) is 7.37. The number of hydrogen-bond donors (Lipinski definition) is 1. The van der Waals surface area contributed by atoms with Gasteiger partial charge in [-0.05, 0) is 42.5 Å². The zero-order chi connectivity index (χ0) is 21.5. The van der Waals surface area contributed by atoms with Gasteiger partial charge < -0.3 is 19.6 Å². The van der Waals surface area contributed by atoms with Gasteiger partial charge in [0.15, 0.2) is 5.78 Å². The third-order valence-electron chi connectivity index (χ3n) is 5.26. The van der Waals surface area contributed by atoms with E-state index in [1.54, 1.807) is 6.92 Å². The molecule has 1 N–H and O–H groups in total. The number of ketones is 2. The minimum absolute atomic E-state index is 0.0430. The predicted molar refractivity (Wildman–Crippen MR) is 113 cm³/mol. The van der Waals surface area contributed by atoms with Gasteiger partial charge in [-0.15, -0.1) is 0 Å². The van der Waals surface area contributed by atoms with Crippen LogP contribution in [0.5, 0.6) is 0 Å². The molecule has 0 unspecified atom stereocenters. The van der Waals surface area contributed by atoms with Crippen LogP contribution in [-0.2, 0) is 19.1 Å². The SMILES string of the molecule is CCOCC(=O)[C@H](CCC(C)=O)NC(=O)OCC1c2ccccc2-c2ccccc21. The lowest BCUT2D eigenvalue weighted by atomic mass is 9.98. The normalized spacial score (nSPS) is 13.3. The quantitative estimate of drug-likeness (QED) is 0.644. The van der Waals surface area contributed by atoms with Crippen molar-refractivity contribution in [2.24, 2.45) is 0 Å². The first kappa shape index (κ1) is 21.7. The smallest absolute Gasteiger partial charge is 0.407 e. The van der Waals surface area contributed by atoms with Crippen LogP contribution in [0.25, 0.3) is 11.1 Å². The van der Waals surface area contributed by atoms with E-state index in [1.807, 2.05) is 36.4 Å². The standard InChI is InChI=1S/C24H27NO5/c1-3-29-15-23(27)22(13-12-16(2)26)25-24(28)30-14-21-19-10-6-4-8-17(19)18-9-5-7-11-20(18)21/h4-11,21-22H,3,12-15H2,1-2H3,(H,25,28)/t22-/m0/s1. The summed E-state index contributed by atoms with van der Waals surface area (Å²) in [7, 11) is 0. The Balaban J connectivity index is 1.65. The van der Waals surface area contributed by atoms with Crippen LogP contribution in [0.4, 0.5) is 4.79 Å². The lowest BCUT2D eigenvalue weighted by Gasteiger charge is -2.19. The second-order valence-corrected chi connectivity index (χ2v) is 7.37. The van der Waals surface area contributed by atoms with Crippen molar-refractivity contribution >= 4 is 17.7 Å². The van der Waals surface area contributed by atoms with Gasteiger partial charge in [0.1, 0.15) is 19.0 Å². The van der Waals surface area contributed by atoms with Crippen LogP contribution in [0.3, 0.4) is 0 Å². The van der Waals surface area contributed by atoms with Gasteiger partial charge in [0, 0.05) is 18.9 Å². The van der Waals surface area contributed by atoms with Crippen molar-refractivity contribution in [3.05, 3.63) is 59.7 Å². The maximum Gasteiger partial charge on any atom is 0.407 e. The molecule has 1 aliphatic rings. The molecule has 1 aliphatic carbocycles. The summed E-state index contributed by atoms with van der Waals surface area (Å²) in [6, 6.07) is 15.4. The van der Waals surface area contributed by atoms with Crippen molar-refractivity contribution in [1.29, 1.82) is 0 Å². The topological polar surface area (TPSA) is 81.7 Å². The molecule has 30 heavy (non-hydrogen) atoms. The minimum Gasteiger partial charge on any atom is -0.449 e. The largest absolute Gasteiger partial charge is 0.449 e. The molecule has 6 heteroatoms. The van der Waals surface area contributed by atoms with Crippen LogP contribution in [0.1, 0.15) is 43.7 Å². The van der Waals surface area contributed by atoms with Gasteiger partial charge in [0.25, 0.3) is 0 Å². The van der Waals surface area contributed by atoms with Crippen LogP contribution in [0.15, 0.2) is 48.5 Å². The van der Waals surface area contributed by atoms with E-state index in [9.17, 15) is 14.4 Å². The fourth-order valence-electron chi connectivity index (χ4n) is 3.75. The molecule has 6 nitrogen and oxygen atoms in total. The zero-order valence-corrected chi connectivity index (χ0v) is 17.4. The van der Waals surface area contributed by atoms with Gasteiger partial charge in [-0.25, -0.2) is 4.79 Å². The molecule has 2 aromatic rings. The number of Topliss-reactive ketones (excluding diaryl/α,β-unsaturated/α-hetero) is 2. The first-order chi connectivity index (χ1) is 14.5. The van der Waals surface area contributed by atoms with E-state index in [4.69, 9.17) is 9.47 Å². The van der Waals surface area contributed by atoms with E-state index in [2.05, 4.69) is 17.4 Å². The van der Waals surface area contributed by atoms with Gasteiger partial charge >= 0.3 is 6.09 Å². The lowest BCUT2D eigenvalue weighted by Crippen LogP contribution is -2.43. The number of ether oxygens (including phenoxy) is 2. The number of benzene rings is 2. The first-order valence-corrected chi connectivity index (χ1v) is 10.2. The third kappa shape index (κ3) is 5.13. The van der Waals surface area contributed by atoms with Gasteiger partial charge in [-0.2, -0.15) is 0 Å². The maximum absolute atomic E-state index is 12.4. The molecule has 0 spiro atoms. The number of carbonyl (C=O) groups is 3. The Morgan fingerprint density at radius 1 is 1.00 bits per heavy atom. The van der Waals surface area contributed by atoms with E-state index in [1.165, 1.54) is 6.92 Å². The van der Waals surface area contributed by atoms with E-state index in [0.29, 0.717) is 6.61 Å². The molecule has 2 aromatic carbocycles. The Bertz CT molecular complexity index is 878. The molecule has 0 radical (unpaired) electrons. The molecule has 0 aromatic heterocycles. The summed E-state index contributed by atoms with van der Waals surface area (Å²) >= 11 is 0. The van der Waals surface area contributed by atoms with E-state index in [0.717, 1.165) is 22.3 Å². The molecule has 0 aliphatic heterocycles. The van der Waals surface area contributed by atoms with Crippen LogP contribution in [0.2, 0.25) is 0 Å². The Labute approximate surface area is 176 Å². The molecule has 3 rings (SSSR count). The average Bonchev–Trinajstić information content (AvgIpc) is 3.07. The number of hydrogen-bond acceptors (Lipinski definition) is 5. The molecule has 0 fully saturated rings. The Kier molecular flexibility index (Phi) is 7.36. The van der Waals surface area contributed by atoms with Crippen molar-refractivity contribution in [3.63, 3.8) is 0 Å². The Morgan fingerprint density at radius 3 is 2.17 bits per heavy atom. The molecule has 1 amide bonds. The fourth-order valence-corrected chi connectivity index (χ4v) is 3.75. The highest BCUT2D eigenvalue weighted by Crippen LogP contribution is 2.44. The highest BCUT2D eigenvalue weighted by molar-refractivity contribution is 5.89. The number of alkyl carbamates (subject to hydrolysis) is 1. The average molecular weight is 409 g/mol. The highest BCUT2D eigenvalue weighted by atomic mass is 16.5. The molecular formula is C24H27NO5. The van der Waals surface area contributed by atoms with E-state index < -0.39 is 12.1 Å². The van der Waals surface area contributed by atoms with Gasteiger partial charge in [0.2, 0.25) is 0 Å². The van der Waals surface area contributed by atoms with Crippen molar-refractivity contribution in [2.45, 2.75) is 38.6 Å². The van der Waals surface area contributed by atoms with Crippen molar-refractivity contribution in [2.75, 3.05) is 19.8 Å². The summed E-state index contributed by atoms with van der Waals surface area (Å²) in [5.41, 5.74) is 4.53. The molecule has 0 saturated carbocycles. The van der Waals surface area contributed by atoms with Crippen molar-refractivity contribution < 1.29 is 23.9 Å². The molecule has 0 bridgehead atoms. The molecule has 0 heterocycles. The van der Waals surface area contributed by atoms with Gasteiger partial charge in [-0.1, -0.05) is 48.5 Å². The first-order valence-electron chi connectivity index (χ1n) is 10.2. The molecule has 1 atom stereocenters. The van der Waals surface area contributed by atoms with E-state index in [-0.39, 0.29) is 43.5 Å².